The zero-order chi connectivity index (χ0) is 21.3. The first-order valence-corrected chi connectivity index (χ1v) is 11.2. The van der Waals surface area contributed by atoms with Crippen LogP contribution in [-0.2, 0) is 0 Å². The molecular weight excluding hydrogens is 441 g/mol. The Morgan fingerprint density at radius 3 is 2.50 bits per heavy atom. The number of phenolic OH excluding ortho intramolecular Hbond substituents is 1. The maximum atomic E-state index is 10.6. The number of nitrogens with zero attached hydrogens (tertiary/aromatic N) is 3. The summed E-state index contributed by atoms with van der Waals surface area (Å²) in [7, 11) is 0. The highest BCUT2D eigenvalue weighted by Gasteiger charge is 2.30. The molecule has 4 nitrogen and oxygen atoms in total. The van der Waals surface area contributed by atoms with E-state index >= 15 is 0 Å². The second-order valence-electron chi connectivity index (χ2n) is 7.71. The predicted octanol–water partition coefficient (Wildman–Crippen LogP) is 5.82. The van der Waals surface area contributed by atoms with E-state index in [2.05, 4.69) is 26.9 Å². The van der Waals surface area contributed by atoms with E-state index in [0.717, 1.165) is 66.4 Å². The first-order chi connectivity index (χ1) is 14.5. The molecular formula is C23H24Cl3N3O. The summed E-state index contributed by atoms with van der Waals surface area (Å²) in [6.45, 7) is 5.25. The quantitative estimate of drug-likeness (QED) is 0.578. The molecule has 4 rings (SSSR count). The van der Waals surface area contributed by atoms with Gasteiger partial charge in [0.05, 0.1) is 16.8 Å². The number of benzene rings is 1. The lowest BCUT2D eigenvalue weighted by molar-refractivity contribution is 0.131. The van der Waals surface area contributed by atoms with Gasteiger partial charge in [-0.25, -0.2) is 4.98 Å². The van der Waals surface area contributed by atoms with E-state index in [9.17, 15) is 5.11 Å². The van der Waals surface area contributed by atoms with Crippen LogP contribution in [-0.4, -0.2) is 46.1 Å². The third kappa shape index (κ3) is 4.33. The smallest absolute Gasteiger partial charge is 0.131 e. The van der Waals surface area contributed by atoms with E-state index in [4.69, 9.17) is 34.8 Å². The van der Waals surface area contributed by atoms with Gasteiger partial charge in [-0.1, -0.05) is 59.1 Å². The number of para-hydroxylation sites is 1. The Bertz CT molecular complexity index is 997. The number of aryl methyl sites for hydroxylation is 1. The van der Waals surface area contributed by atoms with Crippen molar-refractivity contribution in [3.05, 3.63) is 80.2 Å². The molecule has 0 saturated carbocycles. The number of halogens is 3. The first kappa shape index (κ1) is 21.5. The number of phenols is 1. The van der Waals surface area contributed by atoms with E-state index in [1.807, 2.05) is 31.3 Å². The molecule has 0 spiro atoms. The molecule has 1 saturated heterocycles. The number of pyridine rings is 1. The lowest BCUT2D eigenvalue weighted by Crippen LogP contribution is -2.47. The second-order valence-corrected chi connectivity index (χ2v) is 8.90. The van der Waals surface area contributed by atoms with Crippen LogP contribution in [0.25, 0.3) is 0 Å². The summed E-state index contributed by atoms with van der Waals surface area (Å²) in [5.41, 5.74) is 3.85. The van der Waals surface area contributed by atoms with Crippen molar-refractivity contribution in [3.63, 3.8) is 0 Å². The summed E-state index contributed by atoms with van der Waals surface area (Å²) in [5.74, 6) is 0.283. The summed E-state index contributed by atoms with van der Waals surface area (Å²) in [4.78, 5) is 9.03. The molecule has 1 atom stereocenters. The van der Waals surface area contributed by atoms with E-state index in [-0.39, 0.29) is 11.8 Å². The third-order valence-electron chi connectivity index (χ3n) is 5.77. The van der Waals surface area contributed by atoms with Crippen LogP contribution in [0.1, 0.15) is 35.6 Å². The molecule has 0 amide bonds. The molecule has 2 aliphatic rings. The fourth-order valence-corrected chi connectivity index (χ4v) is 4.80. The van der Waals surface area contributed by atoms with Crippen molar-refractivity contribution in [2.45, 2.75) is 25.8 Å². The fraction of sp³-hybridized carbons (Fsp3) is 0.348. The van der Waals surface area contributed by atoms with Crippen LogP contribution in [0.2, 0.25) is 5.15 Å². The molecule has 0 bridgehead atoms. The van der Waals surface area contributed by atoms with Crippen molar-refractivity contribution in [3.8, 4) is 5.75 Å². The number of hydrogen-bond donors (Lipinski definition) is 1. The first-order valence-electron chi connectivity index (χ1n) is 10.1. The van der Waals surface area contributed by atoms with Gasteiger partial charge in [-0.3, -0.25) is 4.90 Å². The Morgan fingerprint density at radius 2 is 1.80 bits per heavy atom. The van der Waals surface area contributed by atoms with Gasteiger partial charge in [0.1, 0.15) is 10.9 Å². The summed E-state index contributed by atoms with van der Waals surface area (Å²) in [6, 6.07) is 9.45. The van der Waals surface area contributed by atoms with Gasteiger partial charge < -0.3 is 10.0 Å². The Hall–Kier alpha value is -1.72. The predicted molar refractivity (Wildman–Crippen MR) is 123 cm³/mol. The van der Waals surface area contributed by atoms with Gasteiger partial charge in [-0.2, -0.15) is 0 Å². The average Bonchev–Trinajstić information content (AvgIpc) is 2.75. The number of piperazine rings is 1. The molecule has 158 valence electrons. The lowest BCUT2D eigenvalue weighted by Gasteiger charge is -2.42. The number of allylic oxidation sites excluding steroid dienone is 3. The van der Waals surface area contributed by atoms with Crippen molar-refractivity contribution < 1.29 is 5.11 Å². The van der Waals surface area contributed by atoms with Crippen LogP contribution in [0.4, 0.5) is 0 Å². The van der Waals surface area contributed by atoms with Gasteiger partial charge in [-0.15, -0.1) is 0 Å². The van der Waals surface area contributed by atoms with Gasteiger partial charge in [-0.05, 0) is 43.0 Å². The van der Waals surface area contributed by atoms with Crippen molar-refractivity contribution in [2.24, 2.45) is 0 Å². The molecule has 1 N–H and O–H groups in total. The minimum absolute atomic E-state index is 0.105. The minimum Gasteiger partial charge on any atom is -0.508 e. The summed E-state index contributed by atoms with van der Waals surface area (Å²) >= 11 is 18.9. The van der Waals surface area contributed by atoms with Gasteiger partial charge in [0.25, 0.3) is 0 Å². The molecule has 2 aromatic rings. The molecule has 1 aromatic heterocycles. The zero-order valence-electron chi connectivity index (χ0n) is 16.8. The topological polar surface area (TPSA) is 39.6 Å². The third-order valence-corrected chi connectivity index (χ3v) is 7.06. The van der Waals surface area contributed by atoms with Crippen LogP contribution in [0.5, 0.6) is 5.75 Å². The van der Waals surface area contributed by atoms with Crippen molar-refractivity contribution >= 4 is 34.8 Å². The molecule has 30 heavy (non-hydrogen) atoms. The fourth-order valence-electron chi connectivity index (χ4n) is 4.20. The lowest BCUT2D eigenvalue weighted by atomic mass is 9.96. The molecule has 1 aliphatic heterocycles. The molecule has 1 unspecified atom stereocenters. The van der Waals surface area contributed by atoms with Crippen molar-refractivity contribution in [1.82, 2.24) is 14.8 Å². The number of aromatic hydroxyl groups is 1. The molecule has 2 heterocycles. The standard InChI is InChI=1S/C23H24Cl3N3O/c1-15-13-16(14-27-23(15)26)22(17-5-2-3-8-20(17)30)29-11-9-28(10-12-29)19-7-4-6-18(24)21(19)25/h2-3,5,7-8,13-14,22,30H,4,6,9-12H2,1H3. The molecule has 7 heteroatoms. The maximum Gasteiger partial charge on any atom is 0.131 e. The Morgan fingerprint density at radius 1 is 1.07 bits per heavy atom. The number of aromatic nitrogens is 1. The average molecular weight is 465 g/mol. The van der Waals surface area contributed by atoms with Crippen LogP contribution >= 0.6 is 34.8 Å². The van der Waals surface area contributed by atoms with Gasteiger partial charge in [0.2, 0.25) is 0 Å². The largest absolute Gasteiger partial charge is 0.508 e. The molecule has 1 fully saturated rings. The summed E-state index contributed by atoms with van der Waals surface area (Å²) < 4.78 is 0. The van der Waals surface area contributed by atoms with E-state index in [1.165, 1.54) is 0 Å². The summed E-state index contributed by atoms with van der Waals surface area (Å²) in [5, 5.41) is 12.5. The highest BCUT2D eigenvalue weighted by atomic mass is 35.5. The van der Waals surface area contributed by atoms with Crippen LogP contribution in [0.3, 0.4) is 0 Å². The van der Waals surface area contributed by atoms with E-state index in [0.29, 0.717) is 10.2 Å². The Labute approximate surface area is 192 Å². The Balaban J connectivity index is 1.61. The van der Waals surface area contributed by atoms with E-state index < -0.39 is 0 Å². The second kappa shape index (κ2) is 9.19. The van der Waals surface area contributed by atoms with Gasteiger partial charge in [0, 0.05) is 43.0 Å². The van der Waals surface area contributed by atoms with Gasteiger partial charge in [0.15, 0.2) is 0 Å². The van der Waals surface area contributed by atoms with Crippen LogP contribution in [0, 0.1) is 6.92 Å². The SMILES string of the molecule is Cc1cc(C(c2ccccc2O)N2CCN(C3=CCCC(Cl)=C3Cl)CC2)cnc1Cl. The highest BCUT2D eigenvalue weighted by molar-refractivity contribution is 6.40. The molecule has 1 aromatic carbocycles. The van der Waals surface area contributed by atoms with E-state index in [1.54, 1.807) is 6.07 Å². The van der Waals surface area contributed by atoms with Crippen LogP contribution in [0.15, 0.2) is 58.4 Å². The summed E-state index contributed by atoms with van der Waals surface area (Å²) in [6.07, 6.45) is 5.71. The zero-order valence-corrected chi connectivity index (χ0v) is 19.1. The number of hydrogen-bond acceptors (Lipinski definition) is 4. The molecule has 0 radical (unpaired) electrons. The minimum atomic E-state index is -0.105. The Kier molecular flexibility index (Phi) is 6.59. The monoisotopic (exact) mass is 463 g/mol. The van der Waals surface area contributed by atoms with Crippen LogP contribution < -0.4 is 0 Å². The van der Waals surface area contributed by atoms with Gasteiger partial charge >= 0.3 is 0 Å². The highest BCUT2D eigenvalue weighted by Crippen LogP contribution is 2.37. The normalized spacial score (nSPS) is 19.1. The molecule has 1 aliphatic carbocycles. The van der Waals surface area contributed by atoms with Crippen molar-refractivity contribution in [1.29, 1.82) is 0 Å². The van der Waals surface area contributed by atoms with Crippen molar-refractivity contribution in [2.75, 3.05) is 26.2 Å². The maximum absolute atomic E-state index is 10.6. The number of rotatable bonds is 4.